The molecule has 6 heteroatoms. The summed E-state index contributed by atoms with van der Waals surface area (Å²) in [5.41, 5.74) is 1.50. The smallest absolute Gasteiger partial charge is 0.266 e. The predicted octanol–water partition coefficient (Wildman–Crippen LogP) is 6.52. The van der Waals surface area contributed by atoms with E-state index in [2.05, 4.69) is 15.9 Å². The highest BCUT2D eigenvalue weighted by atomic mass is 79.9. The van der Waals surface area contributed by atoms with E-state index < -0.39 is 23.8 Å². The summed E-state index contributed by atoms with van der Waals surface area (Å²) >= 11 is 3.47. The van der Waals surface area contributed by atoms with Gasteiger partial charge in [-0.05, 0) is 41.4 Å². The number of halogens is 4. The molecule has 1 unspecified atom stereocenters. The number of hydrogen-bond donors (Lipinski definition) is 0. The summed E-state index contributed by atoms with van der Waals surface area (Å²) in [6.07, 6.45) is 1.16. The summed E-state index contributed by atoms with van der Waals surface area (Å²) in [6, 6.07) is 7.52. The molecular weight excluding hydrogens is 407 g/mol. The number of anilines is 1. The molecule has 0 saturated heterocycles. The lowest BCUT2D eigenvalue weighted by Crippen LogP contribution is -2.36. The summed E-state index contributed by atoms with van der Waals surface area (Å²) in [5, 5.41) is 0. The summed E-state index contributed by atoms with van der Waals surface area (Å²) in [4.78, 5) is 2.01. The second kappa shape index (κ2) is 7.35. The van der Waals surface area contributed by atoms with Crippen molar-refractivity contribution in [2.75, 3.05) is 12.0 Å². The molecule has 26 heavy (non-hydrogen) atoms. The Morgan fingerprint density at radius 2 is 1.88 bits per heavy atom. The highest BCUT2D eigenvalue weighted by Crippen LogP contribution is 2.42. The molecule has 0 bridgehead atoms. The number of benzene rings is 2. The average molecular weight is 426 g/mol. The lowest BCUT2D eigenvalue weighted by molar-refractivity contribution is 0.146. The van der Waals surface area contributed by atoms with Gasteiger partial charge in [0.1, 0.15) is 11.6 Å². The fourth-order valence-electron chi connectivity index (χ4n) is 3.40. The molecule has 0 spiro atoms. The molecular formula is C20H19BrF3NO. The molecule has 0 amide bonds. The first-order valence-corrected chi connectivity index (χ1v) is 9.05. The van der Waals surface area contributed by atoms with Crippen LogP contribution in [0.15, 0.2) is 40.9 Å². The molecule has 2 aromatic carbocycles. The van der Waals surface area contributed by atoms with E-state index in [1.54, 1.807) is 13.2 Å². The molecule has 2 nitrogen and oxygen atoms in total. The Morgan fingerprint density at radius 1 is 1.19 bits per heavy atom. The third-order valence-electron chi connectivity index (χ3n) is 4.73. The molecule has 1 aliphatic rings. The Bertz CT molecular complexity index is 853. The summed E-state index contributed by atoms with van der Waals surface area (Å²) < 4.78 is 47.1. The van der Waals surface area contributed by atoms with Gasteiger partial charge >= 0.3 is 0 Å². The van der Waals surface area contributed by atoms with Gasteiger partial charge in [-0.3, -0.25) is 0 Å². The first kappa shape index (κ1) is 18.8. The van der Waals surface area contributed by atoms with Gasteiger partial charge in [0.15, 0.2) is 0 Å². The minimum atomic E-state index is -2.84. The molecule has 0 aliphatic carbocycles. The first-order valence-electron chi connectivity index (χ1n) is 8.25. The second-order valence-corrected chi connectivity index (χ2v) is 7.13. The lowest BCUT2D eigenvalue weighted by atomic mass is 9.96. The second-order valence-electron chi connectivity index (χ2n) is 6.28. The maximum atomic E-state index is 14.7. The minimum absolute atomic E-state index is 0.0296. The van der Waals surface area contributed by atoms with Gasteiger partial charge < -0.3 is 9.64 Å². The van der Waals surface area contributed by atoms with Crippen molar-refractivity contribution in [1.82, 2.24) is 0 Å². The third kappa shape index (κ3) is 3.22. The normalized spacial score (nSPS) is 17.4. The van der Waals surface area contributed by atoms with Crippen LogP contribution in [0.4, 0.5) is 18.9 Å². The molecule has 1 aliphatic heterocycles. The predicted molar refractivity (Wildman–Crippen MR) is 101 cm³/mol. The van der Waals surface area contributed by atoms with Gasteiger partial charge in [0.2, 0.25) is 0 Å². The highest BCUT2D eigenvalue weighted by Gasteiger charge is 2.29. The average Bonchev–Trinajstić information content (AvgIpc) is 2.60. The number of nitrogens with zero attached hydrogens (tertiary/aromatic N) is 1. The van der Waals surface area contributed by atoms with Crippen molar-refractivity contribution in [2.45, 2.75) is 32.4 Å². The Balaban J connectivity index is 2.10. The van der Waals surface area contributed by atoms with Crippen LogP contribution in [0.2, 0.25) is 0 Å². The van der Waals surface area contributed by atoms with Crippen molar-refractivity contribution in [3.8, 4) is 5.75 Å². The number of methoxy groups -OCH3 is 1. The van der Waals surface area contributed by atoms with E-state index >= 15 is 0 Å². The van der Waals surface area contributed by atoms with E-state index in [0.29, 0.717) is 5.75 Å². The van der Waals surface area contributed by atoms with Gasteiger partial charge in [0, 0.05) is 23.4 Å². The summed E-state index contributed by atoms with van der Waals surface area (Å²) in [7, 11) is 1.58. The van der Waals surface area contributed by atoms with E-state index in [4.69, 9.17) is 4.74 Å². The maximum Gasteiger partial charge on any atom is 0.266 e. The van der Waals surface area contributed by atoms with Crippen molar-refractivity contribution >= 4 is 27.7 Å². The SMILES string of the molecule is COc1cc2c(cc1Br)C=C[C@@H](C)N2C(C)c1cccc(C(F)F)c1F. The van der Waals surface area contributed by atoms with Crippen molar-refractivity contribution in [2.24, 2.45) is 0 Å². The molecule has 3 rings (SSSR count). The van der Waals surface area contributed by atoms with Crippen molar-refractivity contribution in [3.05, 3.63) is 63.4 Å². The summed E-state index contributed by atoms with van der Waals surface area (Å²) in [6.45, 7) is 3.81. The van der Waals surface area contributed by atoms with Crippen LogP contribution in [-0.2, 0) is 0 Å². The fourth-order valence-corrected chi connectivity index (χ4v) is 3.92. The van der Waals surface area contributed by atoms with Crippen LogP contribution in [-0.4, -0.2) is 13.2 Å². The Hall–Kier alpha value is -1.95. The molecule has 1 heterocycles. The molecule has 2 atom stereocenters. The molecule has 0 radical (unpaired) electrons. The lowest BCUT2D eigenvalue weighted by Gasteiger charge is -2.39. The van der Waals surface area contributed by atoms with Gasteiger partial charge in [0.05, 0.1) is 23.2 Å². The number of rotatable bonds is 4. The van der Waals surface area contributed by atoms with Crippen LogP contribution >= 0.6 is 15.9 Å². The van der Waals surface area contributed by atoms with Crippen molar-refractivity contribution < 1.29 is 17.9 Å². The van der Waals surface area contributed by atoms with Crippen LogP contribution in [0.3, 0.4) is 0 Å². The molecule has 2 aromatic rings. The molecule has 0 aromatic heterocycles. The maximum absolute atomic E-state index is 14.7. The number of alkyl halides is 2. The monoisotopic (exact) mass is 425 g/mol. The van der Waals surface area contributed by atoms with E-state index in [9.17, 15) is 13.2 Å². The van der Waals surface area contributed by atoms with Gasteiger partial charge in [-0.25, -0.2) is 13.2 Å². The van der Waals surface area contributed by atoms with E-state index in [1.807, 2.05) is 43.0 Å². The van der Waals surface area contributed by atoms with Crippen LogP contribution in [0.5, 0.6) is 5.75 Å². The van der Waals surface area contributed by atoms with Crippen LogP contribution < -0.4 is 9.64 Å². The zero-order valence-corrected chi connectivity index (χ0v) is 16.2. The summed E-state index contributed by atoms with van der Waals surface area (Å²) in [5.74, 6) is -0.187. The third-order valence-corrected chi connectivity index (χ3v) is 5.35. The van der Waals surface area contributed by atoms with E-state index in [-0.39, 0.29) is 11.6 Å². The molecule has 138 valence electrons. The van der Waals surface area contributed by atoms with Gasteiger partial charge in [0.25, 0.3) is 6.43 Å². The minimum Gasteiger partial charge on any atom is -0.495 e. The Morgan fingerprint density at radius 3 is 2.54 bits per heavy atom. The number of hydrogen-bond acceptors (Lipinski definition) is 2. The molecule has 0 saturated carbocycles. The van der Waals surface area contributed by atoms with Crippen molar-refractivity contribution in [3.63, 3.8) is 0 Å². The Kier molecular flexibility index (Phi) is 5.32. The Labute approximate surface area is 159 Å². The number of fused-ring (bicyclic) bond motifs is 1. The van der Waals surface area contributed by atoms with Crippen LogP contribution in [0, 0.1) is 5.82 Å². The highest BCUT2D eigenvalue weighted by molar-refractivity contribution is 9.10. The standard InChI is InChI=1S/C20H19BrF3NO/c1-11-7-8-13-9-16(21)18(26-3)10-17(13)25(11)12(2)14-5-4-6-15(19(14)22)20(23)24/h4-12,20H,1-3H3/t11-,12?/m1/s1. The van der Waals surface area contributed by atoms with Gasteiger partial charge in [-0.1, -0.05) is 30.4 Å². The molecule has 0 N–H and O–H groups in total. The quantitative estimate of drug-likeness (QED) is 0.552. The first-order chi connectivity index (χ1) is 12.3. The van der Waals surface area contributed by atoms with Gasteiger partial charge in [-0.2, -0.15) is 0 Å². The zero-order valence-electron chi connectivity index (χ0n) is 14.6. The largest absolute Gasteiger partial charge is 0.495 e. The fraction of sp³-hybridized carbons (Fsp3) is 0.300. The van der Waals surface area contributed by atoms with Crippen molar-refractivity contribution in [1.29, 1.82) is 0 Å². The van der Waals surface area contributed by atoms with E-state index in [0.717, 1.165) is 21.8 Å². The van der Waals surface area contributed by atoms with E-state index in [1.165, 1.54) is 6.07 Å². The van der Waals surface area contributed by atoms with Gasteiger partial charge in [-0.15, -0.1) is 0 Å². The van der Waals surface area contributed by atoms with Crippen LogP contribution in [0.25, 0.3) is 6.08 Å². The van der Waals surface area contributed by atoms with Crippen LogP contribution in [0.1, 0.15) is 43.0 Å². The topological polar surface area (TPSA) is 12.5 Å². The molecule has 0 fully saturated rings. The zero-order chi connectivity index (χ0) is 19.0. The number of ether oxygens (including phenoxy) is 1.